The van der Waals surface area contributed by atoms with Crippen molar-refractivity contribution in [2.75, 3.05) is 0 Å². The molecule has 2 nitrogen and oxygen atoms in total. The van der Waals surface area contributed by atoms with Gasteiger partial charge in [-0.3, -0.25) is 4.57 Å². The molecular formula is C42H36N2. The van der Waals surface area contributed by atoms with E-state index in [-0.39, 0.29) is 0 Å². The summed E-state index contributed by atoms with van der Waals surface area (Å²) in [5, 5.41) is 4.98. The second-order valence-corrected chi connectivity index (χ2v) is 10.9. The number of aryl methyl sites for hydroxylation is 1. The summed E-state index contributed by atoms with van der Waals surface area (Å²) in [7, 11) is 0. The number of hydrogen-bond acceptors (Lipinski definition) is 1. The molecule has 214 valence electrons. The Hall–Kier alpha value is -5.47. The normalized spacial score (nSPS) is 12.1. The molecule has 0 aliphatic heterocycles. The fourth-order valence-electron chi connectivity index (χ4n) is 6.13. The largest absolute Gasteiger partial charge is 0.292 e. The van der Waals surface area contributed by atoms with Crippen LogP contribution in [0.15, 0.2) is 141 Å². The van der Waals surface area contributed by atoms with Gasteiger partial charge in [-0.2, -0.15) is 0 Å². The van der Waals surface area contributed by atoms with Crippen LogP contribution >= 0.6 is 0 Å². The Morgan fingerprint density at radius 3 is 1.61 bits per heavy atom. The second-order valence-electron chi connectivity index (χ2n) is 10.9. The van der Waals surface area contributed by atoms with Gasteiger partial charge in [0.2, 0.25) is 0 Å². The van der Waals surface area contributed by atoms with Crippen molar-refractivity contribution in [3.63, 3.8) is 0 Å². The van der Waals surface area contributed by atoms with Gasteiger partial charge in [-0.05, 0) is 88.9 Å². The van der Waals surface area contributed by atoms with Crippen LogP contribution in [0.25, 0.3) is 73.0 Å². The van der Waals surface area contributed by atoms with Crippen molar-refractivity contribution >= 4 is 39.4 Å². The monoisotopic (exact) mass is 568 g/mol. The van der Waals surface area contributed by atoms with E-state index < -0.39 is 0 Å². The molecule has 1 heterocycles. The molecule has 0 bridgehead atoms. The molecule has 0 saturated heterocycles. The maximum absolute atomic E-state index is 5.04. The quantitative estimate of drug-likeness (QED) is 0.132. The van der Waals surface area contributed by atoms with E-state index in [9.17, 15) is 0 Å². The van der Waals surface area contributed by atoms with Gasteiger partial charge in [-0.15, -0.1) is 0 Å². The topological polar surface area (TPSA) is 17.8 Å². The highest BCUT2D eigenvalue weighted by Crippen LogP contribution is 2.44. The SMILES string of the molecule is C=C/C=C(\C=C/C)n1c(-c2ccc(-c3c4ccccc4c(-c4ccc(C)cc4)c4ccccc34)cc2)nc(C=C)c1/C=C\C. The predicted octanol–water partition coefficient (Wildman–Crippen LogP) is 11.8. The van der Waals surface area contributed by atoms with E-state index in [1.165, 1.54) is 49.4 Å². The fourth-order valence-corrected chi connectivity index (χ4v) is 6.13. The van der Waals surface area contributed by atoms with Crippen LogP contribution in [0.2, 0.25) is 0 Å². The van der Waals surface area contributed by atoms with E-state index in [0.717, 1.165) is 28.5 Å². The maximum Gasteiger partial charge on any atom is 0.145 e. The molecule has 0 unspecified atom stereocenters. The maximum atomic E-state index is 5.04. The lowest BCUT2D eigenvalue weighted by atomic mass is 9.86. The summed E-state index contributed by atoms with van der Waals surface area (Å²) in [5.41, 5.74) is 10.0. The first-order valence-corrected chi connectivity index (χ1v) is 15.0. The molecule has 0 amide bonds. The Kier molecular flexibility index (Phi) is 8.08. The summed E-state index contributed by atoms with van der Waals surface area (Å²) >= 11 is 0. The number of benzene rings is 5. The molecule has 6 rings (SSSR count). The van der Waals surface area contributed by atoms with Crippen molar-refractivity contribution in [1.29, 1.82) is 0 Å². The van der Waals surface area contributed by atoms with Crippen LogP contribution in [0.3, 0.4) is 0 Å². The van der Waals surface area contributed by atoms with Crippen molar-refractivity contribution in [3.8, 4) is 33.6 Å². The first-order valence-electron chi connectivity index (χ1n) is 15.0. The summed E-state index contributed by atoms with van der Waals surface area (Å²) in [6.07, 6.45) is 13.9. The van der Waals surface area contributed by atoms with Crippen LogP contribution in [0.1, 0.15) is 30.8 Å². The number of imidazole rings is 1. The number of fused-ring (bicyclic) bond motifs is 2. The molecular weight excluding hydrogens is 532 g/mol. The number of aromatic nitrogens is 2. The van der Waals surface area contributed by atoms with Crippen LogP contribution in [0, 0.1) is 6.92 Å². The van der Waals surface area contributed by atoms with Gasteiger partial charge in [0.1, 0.15) is 5.82 Å². The standard InChI is InChI=1S/C42H36N2/c1-6-14-33(15-7-2)44-39(16-8-3)38(9-4)43-42(44)32-27-25-31(26-28-32)41-36-19-12-10-17-34(36)40(30-23-21-29(5)22-24-30)35-18-11-13-20-37(35)41/h6-28H,1,4H2,2-3,5H3/b15-7-,16-8-,33-14+. The van der Waals surface area contributed by atoms with Crippen molar-refractivity contribution in [3.05, 3.63) is 158 Å². The summed E-state index contributed by atoms with van der Waals surface area (Å²) in [4.78, 5) is 5.04. The molecule has 0 atom stereocenters. The zero-order chi connectivity index (χ0) is 30.6. The average molecular weight is 569 g/mol. The van der Waals surface area contributed by atoms with Crippen LogP contribution in [0.4, 0.5) is 0 Å². The Balaban J connectivity index is 1.58. The first kappa shape index (κ1) is 28.6. The highest BCUT2D eigenvalue weighted by molar-refractivity contribution is 6.21. The van der Waals surface area contributed by atoms with Crippen LogP contribution in [-0.2, 0) is 0 Å². The van der Waals surface area contributed by atoms with Crippen molar-refractivity contribution < 1.29 is 0 Å². The molecule has 0 aliphatic rings. The number of allylic oxidation sites excluding steroid dienone is 6. The Labute approximate surface area is 260 Å². The molecule has 0 radical (unpaired) electrons. The van der Waals surface area contributed by atoms with Gasteiger partial charge in [0.25, 0.3) is 0 Å². The third kappa shape index (κ3) is 5.05. The summed E-state index contributed by atoms with van der Waals surface area (Å²) < 4.78 is 2.18. The van der Waals surface area contributed by atoms with Crippen molar-refractivity contribution in [1.82, 2.24) is 9.55 Å². The van der Waals surface area contributed by atoms with Gasteiger partial charge in [-0.1, -0.05) is 134 Å². The van der Waals surface area contributed by atoms with Gasteiger partial charge >= 0.3 is 0 Å². The minimum Gasteiger partial charge on any atom is -0.292 e. The minimum atomic E-state index is 0.838. The second kappa shape index (κ2) is 12.4. The minimum absolute atomic E-state index is 0.838. The number of rotatable bonds is 8. The van der Waals surface area contributed by atoms with Gasteiger partial charge in [0.15, 0.2) is 0 Å². The van der Waals surface area contributed by atoms with Crippen LogP contribution < -0.4 is 0 Å². The highest BCUT2D eigenvalue weighted by atomic mass is 15.1. The average Bonchev–Trinajstić information content (AvgIpc) is 3.42. The predicted molar refractivity (Wildman–Crippen MR) is 192 cm³/mol. The van der Waals surface area contributed by atoms with Crippen molar-refractivity contribution in [2.24, 2.45) is 0 Å². The smallest absolute Gasteiger partial charge is 0.145 e. The molecule has 0 aliphatic carbocycles. The van der Waals surface area contributed by atoms with Gasteiger partial charge in [-0.25, -0.2) is 4.98 Å². The van der Waals surface area contributed by atoms with Crippen LogP contribution in [0.5, 0.6) is 0 Å². The molecule has 44 heavy (non-hydrogen) atoms. The molecule has 6 aromatic rings. The lowest BCUT2D eigenvalue weighted by Crippen LogP contribution is -2.01. The Bertz CT molecular complexity index is 2040. The number of hydrogen-bond donors (Lipinski definition) is 0. The third-order valence-corrected chi connectivity index (χ3v) is 8.05. The van der Waals surface area contributed by atoms with E-state index >= 15 is 0 Å². The zero-order valence-corrected chi connectivity index (χ0v) is 25.6. The highest BCUT2D eigenvalue weighted by Gasteiger charge is 2.19. The van der Waals surface area contributed by atoms with E-state index in [4.69, 9.17) is 4.98 Å². The zero-order valence-electron chi connectivity index (χ0n) is 25.6. The van der Waals surface area contributed by atoms with Gasteiger partial charge in [0.05, 0.1) is 11.4 Å². The lowest BCUT2D eigenvalue weighted by Gasteiger charge is -2.18. The molecule has 0 spiro atoms. The van der Waals surface area contributed by atoms with Gasteiger partial charge < -0.3 is 0 Å². The first-order chi connectivity index (χ1) is 21.6. The molecule has 0 saturated carbocycles. The number of nitrogens with zero attached hydrogens (tertiary/aromatic N) is 2. The lowest BCUT2D eigenvalue weighted by molar-refractivity contribution is 1.09. The van der Waals surface area contributed by atoms with Crippen LogP contribution in [-0.4, -0.2) is 9.55 Å². The summed E-state index contributed by atoms with van der Waals surface area (Å²) in [6, 6.07) is 35.2. The summed E-state index contributed by atoms with van der Waals surface area (Å²) in [6.45, 7) is 14.2. The van der Waals surface area contributed by atoms with Gasteiger partial charge in [0, 0.05) is 11.3 Å². The van der Waals surface area contributed by atoms with Crippen molar-refractivity contribution in [2.45, 2.75) is 20.8 Å². The summed E-state index contributed by atoms with van der Waals surface area (Å²) in [5.74, 6) is 0.857. The fraction of sp³-hybridized carbons (Fsp3) is 0.0714. The Morgan fingerprint density at radius 1 is 0.659 bits per heavy atom. The third-order valence-electron chi connectivity index (χ3n) is 8.05. The van der Waals surface area contributed by atoms with E-state index in [2.05, 4.69) is 134 Å². The molecule has 0 fully saturated rings. The molecule has 5 aromatic carbocycles. The Morgan fingerprint density at radius 2 is 1.16 bits per heavy atom. The molecule has 0 N–H and O–H groups in total. The molecule has 2 heteroatoms. The van der Waals surface area contributed by atoms with E-state index in [0.29, 0.717) is 0 Å². The molecule has 1 aromatic heterocycles. The van der Waals surface area contributed by atoms with E-state index in [1.54, 1.807) is 0 Å². The van der Waals surface area contributed by atoms with E-state index in [1.807, 2.05) is 44.2 Å².